The van der Waals surface area contributed by atoms with E-state index in [0.29, 0.717) is 15.8 Å². The second kappa shape index (κ2) is 6.09. The predicted molar refractivity (Wildman–Crippen MR) is 72.8 cm³/mol. The van der Waals surface area contributed by atoms with Gasteiger partial charge >= 0.3 is 6.18 Å². The minimum Gasteiger partial charge on any atom is -0.329 e. The van der Waals surface area contributed by atoms with E-state index in [1.165, 1.54) is 6.07 Å². The van der Waals surface area contributed by atoms with Crippen molar-refractivity contribution in [1.82, 2.24) is 9.88 Å². The number of aromatic nitrogens is 1. The number of nitrogens with two attached hydrogens (primary N) is 1. The van der Waals surface area contributed by atoms with Crippen LogP contribution in [0, 0.1) is 0 Å². The molecule has 0 aliphatic heterocycles. The van der Waals surface area contributed by atoms with Gasteiger partial charge in [-0.05, 0) is 18.2 Å². The number of halogens is 3. The summed E-state index contributed by atoms with van der Waals surface area (Å²) in [6.45, 7) is -1.51. The summed E-state index contributed by atoms with van der Waals surface area (Å²) in [6, 6.07) is 8.08. The fourth-order valence-corrected chi connectivity index (χ4v) is 2.08. The van der Waals surface area contributed by atoms with Crippen molar-refractivity contribution < 1.29 is 18.0 Å². The van der Waals surface area contributed by atoms with Crippen LogP contribution in [0.2, 0.25) is 0 Å². The third-order valence-corrected chi connectivity index (χ3v) is 2.93. The maximum absolute atomic E-state index is 12.6. The van der Waals surface area contributed by atoms with Crippen molar-refractivity contribution in [3.8, 4) is 0 Å². The molecule has 2 aromatic rings. The lowest BCUT2D eigenvalue weighted by Crippen LogP contribution is -2.41. The number of pyridine rings is 1. The van der Waals surface area contributed by atoms with Gasteiger partial charge in [0.2, 0.25) is 0 Å². The Morgan fingerprint density at radius 2 is 2.00 bits per heavy atom. The second-order valence-corrected chi connectivity index (χ2v) is 4.51. The average molecular weight is 297 g/mol. The number of carbonyl (C=O) groups is 1. The molecule has 1 heterocycles. The Morgan fingerprint density at radius 3 is 2.67 bits per heavy atom. The molecule has 0 aliphatic rings. The van der Waals surface area contributed by atoms with Gasteiger partial charge in [0, 0.05) is 30.2 Å². The van der Waals surface area contributed by atoms with Crippen molar-refractivity contribution in [3.05, 3.63) is 42.1 Å². The van der Waals surface area contributed by atoms with E-state index >= 15 is 0 Å². The molecule has 0 aliphatic carbocycles. The Morgan fingerprint density at radius 1 is 1.24 bits per heavy atom. The molecule has 0 spiro atoms. The molecule has 0 saturated carbocycles. The predicted octanol–water partition coefficient (Wildman–Crippen LogP) is 2.20. The molecule has 21 heavy (non-hydrogen) atoms. The normalized spacial score (nSPS) is 11.6. The minimum atomic E-state index is -4.46. The maximum atomic E-state index is 12.6. The van der Waals surface area contributed by atoms with Gasteiger partial charge < -0.3 is 10.6 Å². The Kier molecular flexibility index (Phi) is 4.42. The Bertz CT molecular complexity index is 637. The van der Waals surface area contributed by atoms with Crippen molar-refractivity contribution in [2.75, 3.05) is 19.6 Å². The molecule has 1 aromatic heterocycles. The number of fused-ring (bicyclic) bond motifs is 1. The van der Waals surface area contributed by atoms with Crippen LogP contribution in [0.15, 0.2) is 36.5 Å². The molecular formula is C14H14F3N3O. The third-order valence-electron chi connectivity index (χ3n) is 2.93. The van der Waals surface area contributed by atoms with Crippen LogP contribution in [0.25, 0.3) is 10.9 Å². The molecule has 0 fully saturated rings. The summed E-state index contributed by atoms with van der Waals surface area (Å²) in [5.74, 6) is -0.698. The monoisotopic (exact) mass is 297 g/mol. The molecule has 1 amide bonds. The lowest BCUT2D eigenvalue weighted by Gasteiger charge is -2.23. The molecule has 0 atom stereocenters. The van der Waals surface area contributed by atoms with Crippen LogP contribution in [-0.2, 0) is 0 Å². The molecule has 7 heteroatoms. The lowest BCUT2D eigenvalue weighted by atomic mass is 10.1. The highest BCUT2D eigenvalue weighted by Gasteiger charge is 2.33. The highest BCUT2D eigenvalue weighted by Crippen LogP contribution is 2.21. The summed E-state index contributed by atoms with van der Waals surface area (Å²) in [5, 5.41) is 0.522. The molecule has 0 radical (unpaired) electrons. The highest BCUT2D eigenvalue weighted by molar-refractivity contribution is 6.06. The summed E-state index contributed by atoms with van der Waals surface area (Å²) in [6.07, 6.45) is -2.91. The van der Waals surface area contributed by atoms with Crippen molar-refractivity contribution in [2.45, 2.75) is 6.18 Å². The van der Waals surface area contributed by atoms with Crippen molar-refractivity contribution in [1.29, 1.82) is 0 Å². The van der Waals surface area contributed by atoms with E-state index < -0.39 is 18.6 Å². The molecule has 2 rings (SSSR count). The number of hydrogen-bond donors (Lipinski definition) is 1. The fourth-order valence-electron chi connectivity index (χ4n) is 2.08. The number of alkyl halides is 3. The Balaban J connectivity index is 2.39. The first-order valence-corrected chi connectivity index (χ1v) is 6.32. The van der Waals surface area contributed by atoms with E-state index in [4.69, 9.17) is 5.73 Å². The molecule has 0 bridgehead atoms. The van der Waals surface area contributed by atoms with E-state index in [2.05, 4.69) is 4.98 Å². The van der Waals surface area contributed by atoms with Gasteiger partial charge in [-0.2, -0.15) is 13.2 Å². The first-order valence-electron chi connectivity index (χ1n) is 6.32. The van der Waals surface area contributed by atoms with Gasteiger partial charge in [-0.15, -0.1) is 0 Å². The highest BCUT2D eigenvalue weighted by atomic mass is 19.4. The third kappa shape index (κ3) is 3.69. The molecular weight excluding hydrogens is 283 g/mol. The number of amides is 1. The zero-order chi connectivity index (χ0) is 15.5. The number of carbonyl (C=O) groups excluding carboxylic acids is 1. The maximum Gasteiger partial charge on any atom is 0.406 e. The van der Waals surface area contributed by atoms with Crippen molar-refractivity contribution >= 4 is 16.8 Å². The largest absolute Gasteiger partial charge is 0.406 e. The summed E-state index contributed by atoms with van der Waals surface area (Å²) < 4.78 is 37.7. The summed E-state index contributed by atoms with van der Waals surface area (Å²) in [7, 11) is 0. The topological polar surface area (TPSA) is 59.2 Å². The SMILES string of the molecule is NCCN(CC(F)(F)F)C(=O)c1cccc2ncccc12. The van der Waals surface area contributed by atoms with Crippen LogP contribution in [-0.4, -0.2) is 41.6 Å². The summed E-state index contributed by atoms with van der Waals surface area (Å²) in [5.41, 5.74) is 6.05. The molecule has 1 aromatic carbocycles. The Hall–Kier alpha value is -2.15. The molecule has 0 unspecified atom stereocenters. The molecule has 4 nitrogen and oxygen atoms in total. The van der Waals surface area contributed by atoms with Gasteiger partial charge in [-0.25, -0.2) is 0 Å². The zero-order valence-corrected chi connectivity index (χ0v) is 11.1. The molecule has 112 valence electrons. The zero-order valence-electron chi connectivity index (χ0n) is 11.1. The smallest absolute Gasteiger partial charge is 0.329 e. The molecule has 0 saturated heterocycles. The van der Waals surface area contributed by atoms with E-state index in [1.807, 2.05) is 0 Å². The van der Waals surface area contributed by atoms with Crippen LogP contribution in [0.1, 0.15) is 10.4 Å². The van der Waals surface area contributed by atoms with Crippen molar-refractivity contribution in [3.63, 3.8) is 0 Å². The number of hydrogen-bond acceptors (Lipinski definition) is 3. The first kappa shape index (κ1) is 15.2. The van der Waals surface area contributed by atoms with Gasteiger partial charge in [0.1, 0.15) is 6.54 Å². The Labute approximate surface area is 119 Å². The van der Waals surface area contributed by atoms with Crippen LogP contribution >= 0.6 is 0 Å². The van der Waals surface area contributed by atoms with E-state index in [0.717, 1.165) is 0 Å². The van der Waals surface area contributed by atoms with E-state index in [1.54, 1.807) is 30.5 Å². The van der Waals surface area contributed by atoms with Gasteiger partial charge in [0.25, 0.3) is 5.91 Å². The van der Waals surface area contributed by atoms with Gasteiger partial charge in [0.15, 0.2) is 0 Å². The minimum absolute atomic E-state index is 0.0369. The average Bonchev–Trinajstić information content (AvgIpc) is 2.44. The van der Waals surface area contributed by atoms with Gasteiger partial charge in [-0.3, -0.25) is 9.78 Å². The number of nitrogens with zero attached hydrogens (tertiary/aromatic N) is 2. The van der Waals surface area contributed by atoms with E-state index in [9.17, 15) is 18.0 Å². The van der Waals surface area contributed by atoms with Crippen LogP contribution in [0.3, 0.4) is 0 Å². The standard InChI is InChI=1S/C14H14F3N3O/c15-14(16,17)9-20(8-6-18)13(21)11-3-1-5-12-10(11)4-2-7-19-12/h1-5,7H,6,8-9,18H2. The quantitative estimate of drug-likeness (QED) is 0.941. The van der Waals surface area contributed by atoms with E-state index in [-0.39, 0.29) is 18.7 Å². The van der Waals surface area contributed by atoms with Gasteiger partial charge in [0.05, 0.1) is 5.52 Å². The van der Waals surface area contributed by atoms with Crippen LogP contribution < -0.4 is 5.73 Å². The number of benzene rings is 1. The summed E-state index contributed by atoms with van der Waals surface area (Å²) in [4.78, 5) is 17.2. The number of rotatable bonds is 4. The van der Waals surface area contributed by atoms with Crippen LogP contribution in [0.5, 0.6) is 0 Å². The van der Waals surface area contributed by atoms with Crippen molar-refractivity contribution in [2.24, 2.45) is 5.73 Å². The first-order chi connectivity index (χ1) is 9.92. The summed E-state index contributed by atoms with van der Waals surface area (Å²) >= 11 is 0. The molecule has 2 N–H and O–H groups in total. The fraction of sp³-hybridized carbons (Fsp3) is 0.286. The van der Waals surface area contributed by atoms with Crippen LogP contribution in [0.4, 0.5) is 13.2 Å². The lowest BCUT2D eigenvalue weighted by molar-refractivity contribution is -0.140. The van der Waals surface area contributed by atoms with Gasteiger partial charge in [-0.1, -0.05) is 12.1 Å². The second-order valence-electron chi connectivity index (χ2n) is 4.51.